The molecule has 0 saturated carbocycles. The van der Waals surface area contributed by atoms with E-state index in [4.69, 9.17) is 6.11 Å². The fraction of sp³-hybridized carbons (Fsp3) is 0.286. The third-order valence-corrected chi connectivity index (χ3v) is 4.35. The van der Waals surface area contributed by atoms with Gasteiger partial charge in [0.15, 0.2) is 5.82 Å². The first kappa shape index (κ1) is 14.2. The molecule has 2 aromatic heterocycles. The molecule has 0 saturated heterocycles. The SMILES string of the molecule is [3H]c1ccc(OCc2c(-n3nnn(C)c3=O)nn(C)c2Br)c(C)c1. The summed E-state index contributed by atoms with van der Waals surface area (Å²) in [6, 6.07) is 5.56. The van der Waals surface area contributed by atoms with E-state index in [2.05, 4.69) is 31.5 Å². The van der Waals surface area contributed by atoms with Crippen molar-refractivity contribution in [1.29, 1.82) is 0 Å². The van der Waals surface area contributed by atoms with Gasteiger partial charge in [0.2, 0.25) is 0 Å². The van der Waals surface area contributed by atoms with Crippen LogP contribution in [0.3, 0.4) is 0 Å². The van der Waals surface area contributed by atoms with E-state index in [-0.39, 0.29) is 6.61 Å². The highest BCUT2D eigenvalue weighted by Crippen LogP contribution is 2.25. The standard InChI is InChI=1S/C14H15BrN6O2/c1-9-6-4-5-7-11(9)23-8-10-12(15)19(2)16-13(10)21-14(22)20(3)17-18-21/h4-7H,8H2,1-3H3/i4T. The van der Waals surface area contributed by atoms with E-state index in [1.807, 2.05) is 6.92 Å². The molecule has 0 bridgehead atoms. The first-order chi connectivity index (χ1) is 11.4. The molecule has 9 heteroatoms. The fourth-order valence-corrected chi connectivity index (χ4v) is 2.46. The normalized spacial score (nSPS) is 11.6. The van der Waals surface area contributed by atoms with Crippen molar-refractivity contribution in [3.63, 3.8) is 0 Å². The average molecular weight is 381 g/mol. The molecule has 0 radical (unpaired) electrons. The molecule has 0 aliphatic heterocycles. The van der Waals surface area contributed by atoms with Crippen molar-refractivity contribution in [2.24, 2.45) is 14.1 Å². The molecule has 0 amide bonds. The molecule has 0 N–H and O–H groups in total. The molecule has 120 valence electrons. The maximum absolute atomic E-state index is 12.1. The third kappa shape index (κ3) is 2.79. The van der Waals surface area contributed by atoms with Crippen LogP contribution < -0.4 is 10.4 Å². The van der Waals surface area contributed by atoms with Crippen molar-refractivity contribution in [3.05, 3.63) is 50.5 Å². The van der Waals surface area contributed by atoms with Crippen molar-refractivity contribution in [3.8, 4) is 11.6 Å². The molecule has 0 spiro atoms. The molecular weight excluding hydrogens is 364 g/mol. The van der Waals surface area contributed by atoms with Gasteiger partial charge in [0.1, 0.15) is 17.0 Å². The Morgan fingerprint density at radius 3 is 2.74 bits per heavy atom. The maximum atomic E-state index is 12.1. The zero-order chi connectivity index (χ0) is 17.4. The van der Waals surface area contributed by atoms with Crippen LogP contribution in [0.5, 0.6) is 5.75 Å². The monoisotopic (exact) mass is 380 g/mol. The summed E-state index contributed by atoms with van der Waals surface area (Å²) in [5.41, 5.74) is 1.15. The van der Waals surface area contributed by atoms with Gasteiger partial charge < -0.3 is 4.74 Å². The van der Waals surface area contributed by atoms with Crippen LogP contribution in [0, 0.1) is 6.92 Å². The molecule has 0 fully saturated rings. The zero-order valence-corrected chi connectivity index (χ0v) is 14.4. The van der Waals surface area contributed by atoms with Gasteiger partial charge in [-0.15, -0.1) is 4.68 Å². The summed E-state index contributed by atoms with van der Waals surface area (Å²) >= 11 is 3.45. The Kier molecular flexibility index (Phi) is 3.70. The smallest absolute Gasteiger partial charge is 0.369 e. The Morgan fingerprint density at radius 1 is 1.30 bits per heavy atom. The Hall–Kier alpha value is -2.42. The Labute approximate surface area is 141 Å². The van der Waals surface area contributed by atoms with E-state index in [1.165, 1.54) is 7.05 Å². The molecule has 2 heterocycles. The highest BCUT2D eigenvalue weighted by Gasteiger charge is 2.20. The van der Waals surface area contributed by atoms with Crippen LogP contribution in [0.2, 0.25) is 0 Å². The quantitative estimate of drug-likeness (QED) is 0.682. The molecular formula is C14H15BrN6O2. The summed E-state index contributed by atoms with van der Waals surface area (Å²) in [5.74, 6) is 1.02. The lowest BCUT2D eigenvalue weighted by Gasteiger charge is -2.09. The number of rotatable bonds is 4. The van der Waals surface area contributed by atoms with Gasteiger partial charge >= 0.3 is 5.69 Å². The number of halogens is 1. The minimum Gasteiger partial charge on any atom is -0.488 e. The number of ether oxygens (including phenoxy) is 1. The molecule has 0 aliphatic carbocycles. The minimum absolute atomic E-state index is 0.185. The molecule has 0 atom stereocenters. The second-order valence-electron chi connectivity index (χ2n) is 4.99. The van der Waals surface area contributed by atoms with Gasteiger partial charge in [-0.2, -0.15) is 9.78 Å². The molecule has 0 unspecified atom stereocenters. The van der Waals surface area contributed by atoms with Gasteiger partial charge in [0.05, 0.1) is 6.93 Å². The van der Waals surface area contributed by atoms with Gasteiger partial charge in [-0.05, 0) is 44.9 Å². The Morgan fingerprint density at radius 2 is 2.09 bits per heavy atom. The van der Waals surface area contributed by atoms with Crippen molar-refractivity contribution < 1.29 is 6.11 Å². The maximum Gasteiger partial charge on any atom is 0.369 e. The van der Waals surface area contributed by atoms with E-state index < -0.39 is 5.69 Å². The summed E-state index contributed by atoms with van der Waals surface area (Å²) in [5, 5.41) is 11.8. The van der Waals surface area contributed by atoms with Crippen LogP contribution in [0.4, 0.5) is 0 Å². The molecule has 1 aromatic carbocycles. The third-order valence-electron chi connectivity index (χ3n) is 3.36. The number of para-hydroxylation sites is 1. The summed E-state index contributed by atoms with van der Waals surface area (Å²) in [6.07, 6.45) is 0. The van der Waals surface area contributed by atoms with Crippen molar-refractivity contribution in [2.45, 2.75) is 13.5 Å². The number of tetrazole rings is 1. The van der Waals surface area contributed by atoms with Crippen LogP contribution in [-0.2, 0) is 20.7 Å². The molecule has 0 aliphatic rings. The van der Waals surface area contributed by atoms with Crippen LogP contribution in [0.15, 0.2) is 33.6 Å². The number of aromatic nitrogens is 6. The lowest BCUT2D eigenvalue weighted by molar-refractivity contribution is 0.302. The fourth-order valence-electron chi connectivity index (χ4n) is 2.09. The van der Waals surface area contributed by atoms with Crippen LogP contribution in [0.25, 0.3) is 5.82 Å². The topological polar surface area (TPSA) is 79.8 Å². The van der Waals surface area contributed by atoms with Gasteiger partial charge in [0.25, 0.3) is 0 Å². The second kappa shape index (κ2) is 5.99. The largest absolute Gasteiger partial charge is 0.488 e. The lowest BCUT2D eigenvalue weighted by atomic mass is 10.2. The highest BCUT2D eigenvalue weighted by atomic mass is 79.9. The van der Waals surface area contributed by atoms with Crippen LogP contribution >= 0.6 is 15.9 Å². The lowest BCUT2D eigenvalue weighted by Crippen LogP contribution is -2.23. The molecule has 8 nitrogen and oxygen atoms in total. The molecule has 23 heavy (non-hydrogen) atoms. The van der Waals surface area contributed by atoms with Gasteiger partial charge in [-0.25, -0.2) is 4.79 Å². The van der Waals surface area contributed by atoms with Crippen molar-refractivity contribution in [1.82, 2.24) is 29.6 Å². The predicted octanol–water partition coefficient (Wildman–Crippen LogP) is 1.35. The Bertz CT molecular complexity index is 961. The molecule has 3 aromatic rings. The predicted molar refractivity (Wildman–Crippen MR) is 86.6 cm³/mol. The van der Waals surface area contributed by atoms with E-state index >= 15 is 0 Å². The number of nitrogens with zero attached hydrogens (tertiary/aromatic N) is 6. The first-order valence-corrected chi connectivity index (χ1v) is 7.58. The summed E-state index contributed by atoms with van der Waals surface area (Å²) in [7, 11) is 3.27. The van der Waals surface area contributed by atoms with Gasteiger partial charge in [-0.1, -0.05) is 18.2 Å². The van der Waals surface area contributed by atoms with Crippen LogP contribution in [-0.4, -0.2) is 29.6 Å². The summed E-state index contributed by atoms with van der Waals surface area (Å²) in [6.45, 7) is 2.06. The average Bonchev–Trinajstić information content (AvgIpc) is 3.00. The van der Waals surface area contributed by atoms with E-state index in [9.17, 15) is 4.79 Å². The van der Waals surface area contributed by atoms with Crippen LogP contribution in [0.1, 0.15) is 12.5 Å². The summed E-state index contributed by atoms with van der Waals surface area (Å²) < 4.78 is 18.0. The summed E-state index contributed by atoms with van der Waals surface area (Å²) in [4.78, 5) is 12.1. The van der Waals surface area contributed by atoms with E-state index in [1.54, 1.807) is 29.9 Å². The Balaban J connectivity index is 1.96. The first-order valence-electron chi connectivity index (χ1n) is 7.29. The zero-order valence-electron chi connectivity index (χ0n) is 13.8. The van der Waals surface area contributed by atoms with Gasteiger partial charge in [0, 0.05) is 14.1 Å². The van der Waals surface area contributed by atoms with Crippen molar-refractivity contribution >= 4 is 15.9 Å². The van der Waals surface area contributed by atoms with Gasteiger partial charge in [-0.3, -0.25) is 4.68 Å². The van der Waals surface area contributed by atoms with Crippen molar-refractivity contribution in [2.75, 3.05) is 0 Å². The highest BCUT2D eigenvalue weighted by molar-refractivity contribution is 9.10. The van der Waals surface area contributed by atoms with E-state index in [0.717, 1.165) is 14.9 Å². The van der Waals surface area contributed by atoms with E-state index in [0.29, 0.717) is 27.8 Å². The number of hydrogen-bond donors (Lipinski definition) is 0. The minimum atomic E-state index is -0.392. The number of hydrogen-bond acceptors (Lipinski definition) is 5. The number of aryl methyl sites for hydroxylation is 3. The molecule has 3 rings (SSSR count). The second-order valence-corrected chi connectivity index (χ2v) is 5.74. The number of benzene rings is 1.